The summed E-state index contributed by atoms with van der Waals surface area (Å²) in [6, 6.07) is 5.34. The molecule has 64 valence electrons. The molecule has 0 bridgehead atoms. The summed E-state index contributed by atoms with van der Waals surface area (Å²) >= 11 is 0. The van der Waals surface area contributed by atoms with Crippen LogP contribution < -0.4 is 5.73 Å². The molecule has 0 atom stereocenters. The Hall–Kier alpha value is -1.97. The molecule has 0 aliphatic carbocycles. The van der Waals surface area contributed by atoms with Crippen molar-refractivity contribution in [2.45, 2.75) is 0 Å². The van der Waals surface area contributed by atoms with Crippen LogP contribution in [0.2, 0.25) is 0 Å². The first-order valence-electron chi connectivity index (χ1n) is 3.85. The molecule has 2 aromatic rings. The van der Waals surface area contributed by atoms with Gasteiger partial charge in [0.25, 0.3) is 0 Å². The molecule has 2 heterocycles. The lowest BCUT2D eigenvalue weighted by Crippen LogP contribution is -1.91. The van der Waals surface area contributed by atoms with Crippen molar-refractivity contribution in [2.24, 2.45) is 0 Å². The van der Waals surface area contributed by atoms with E-state index in [1.54, 1.807) is 30.7 Å². The lowest BCUT2D eigenvalue weighted by atomic mass is 10.2. The molecular formula is C9H8N4. The molecule has 0 aliphatic rings. The number of anilines is 1. The largest absolute Gasteiger partial charge is 0.384 e. The zero-order chi connectivity index (χ0) is 9.10. The first kappa shape index (κ1) is 7.67. The molecule has 2 rings (SSSR count). The highest BCUT2D eigenvalue weighted by Gasteiger charge is 1.98. The van der Waals surface area contributed by atoms with Gasteiger partial charge >= 0.3 is 0 Å². The Bertz CT molecular complexity index is 382. The fourth-order valence-corrected chi connectivity index (χ4v) is 0.986. The van der Waals surface area contributed by atoms with Crippen molar-refractivity contribution in [1.82, 2.24) is 15.0 Å². The van der Waals surface area contributed by atoms with Crippen LogP contribution in [0.25, 0.3) is 11.4 Å². The Morgan fingerprint density at radius 2 is 1.77 bits per heavy atom. The Labute approximate surface area is 75.5 Å². The minimum atomic E-state index is 0.500. The number of hydrogen-bond donors (Lipinski definition) is 1. The van der Waals surface area contributed by atoms with Gasteiger partial charge in [0.1, 0.15) is 5.82 Å². The fraction of sp³-hybridized carbons (Fsp3) is 0. The van der Waals surface area contributed by atoms with E-state index in [1.165, 1.54) is 0 Å². The number of nitrogen functional groups attached to an aromatic ring is 1. The summed E-state index contributed by atoms with van der Waals surface area (Å²) in [4.78, 5) is 12.1. The third-order valence-electron chi connectivity index (χ3n) is 1.61. The molecule has 13 heavy (non-hydrogen) atoms. The predicted molar refractivity (Wildman–Crippen MR) is 49.7 cm³/mol. The van der Waals surface area contributed by atoms with Gasteiger partial charge in [-0.15, -0.1) is 0 Å². The lowest BCUT2D eigenvalue weighted by molar-refractivity contribution is 1.16. The first-order valence-corrected chi connectivity index (χ1v) is 3.85. The molecular weight excluding hydrogens is 164 g/mol. The van der Waals surface area contributed by atoms with Crippen molar-refractivity contribution in [3.05, 3.63) is 36.8 Å². The summed E-state index contributed by atoms with van der Waals surface area (Å²) in [7, 11) is 0. The maximum Gasteiger partial charge on any atom is 0.160 e. The summed E-state index contributed by atoms with van der Waals surface area (Å²) < 4.78 is 0. The number of hydrogen-bond acceptors (Lipinski definition) is 4. The van der Waals surface area contributed by atoms with Gasteiger partial charge in [0.15, 0.2) is 5.82 Å². The smallest absolute Gasteiger partial charge is 0.160 e. The summed E-state index contributed by atoms with van der Waals surface area (Å²) in [5.41, 5.74) is 6.32. The normalized spacial score (nSPS) is 9.85. The van der Waals surface area contributed by atoms with Crippen LogP contribution in [0.15, 0.2) is 36.8 Å². The van der Waals surface area contributed by atoms with E-state index >= 15 is 0 Å². The molecule has 0 aromatic carbocycles. The molecule has 0 amide bonds. The Morgan fingerprint density at radius 1 is 1.00 bits per heavy atom. The van der Waals surface area contributed by atoms with Gasteiger partial charge in [0.2, 0.25) is 0 Å². The highest BCUT2D eigenvalue weighted by molar-refractivity contribution is 5.54. The molecule has 0 radical (unpaired) electrons. The van der Waals surface area contributed by atoms with Gasteiger partial charge in [-0.05, 0) is 18.2 Å². The maximum atomic E-state index is 5.45. The predicted octanol–water partition coefficient (Wildman–Crippen LogP) is 1.12. The van der Waals surface area contributed by atoms with Crippen LogP contribution in [-0.2, 0) is 0 Å². The third-order valence-corrected chi connectivity index (χ3v) is 1.61. The minimum absolute atomic E-state index is 0.500. The number of pyridine rings is 1. The Balaban J connectivity index is 2.42. The van der Waals surface area contributed by atoms with Gasteiger partial charge in [-0.1, -0.05) is 0 Å². The SMILES string of the molecule is Nc1ccc(-c2ncccn2)cn1. The van der Waals surface area contributed by atoms with Gasteiger partial charge in [-0.2, -0.15) is 0 Å². The summed E-state index contributed by atoms with van der Waals surface area (Å²) in [6.07, 6.45) is 5.04. The Morgan fingerprint density at radius 3 is 2.38 bits per heavy atom. The van der Waals surface area contributed by atoms with Gasteiger partial charge < -0.3 is 5.73 Å². The molecule has 2 N–H and O–H groups in total. The van der Waals surface area contributed by atoms with E-state index in [4.69, 9.17) is 5.73 Å². The van der Waals surface area contributed by atoms with Crippen LogP contribution in [0.3, 0.4) is 0 Å². The quantitative estimate of drug-likeness (QED) is 0.700. The van der Waals surface area contributed by atoms with E-state index in [-0.39, 0.29) is 0 Å². The van der Waals surface area contributed by atoms with E-state index < -0.39 is 0 Å². The standard InChI is InChI=1S/C9H8N4/c10-8-3-2-7(6-13-8)9-11-4-1-5-12-9/h1-6H,(H2,10,13). The van der Waals surface area contributed by atoms with Crippen molar-refractivity contribution in [2.75, 3.05) is 5.73 Å². The average Bonchev–Trinajstić information content (AvgIpc) is 2.20. The number of nitrogens with two attached hydrogens (primary N) is 1. The van der Waals surface area contributed by atoms with Crippen molar-refractivity contribution in [1.29, 1.82) is 0 Å². The second-order valence-corrected chi connectivity index (χ2v) is 2.54. The maximum absolute atomic E-state index is 5.45. The topological polar surface area (TPSA) is 64.7 Å². The van der Waals surface area contributed by atoms with E-state index in [2.05, 4.69) is 15.0 Å². The highest BCUT2D eigenvalue weighted by atomic mass is 14.9. The van der Waals surface area contributed by atoms with Crippen LogP contribution >= 0.6 is 0 Å². The zero-order valence-corrected chi connectivity index (χ0v) is 6.88. The fourth-order valence-electron chi connectivity index (χ4n) is 0.986. The van der Waals surface area contributed by atoms with Crippen molar-refractivity contribution >= 4 is 5.82 Å². The Kier molecular flexibility index (Phi) is 1.88. The van der Waals surface area contributed by atoms with Crippen LogP contribution in [0.4, 0.5) is 5.82 Å². The van der Waals surface area contributed by atoms with Gasteiger partial charge in [-0.25, -0.2) is 15.0 Å². The number of aromatic nitrogens is 3. The van der Waals surface area contributed by atoms with E-state index in [0.717, 1.165) is 5.56 Å². The van der Waals surface area contributed by atoms with Crippen molar-refractivity contribution in [3.63, 3.8) is 0 Å². The van der Waals surface area contributed by atoms with E-state index in [1.807, 2.05) is 6.07 Å². The van der Waals surface area contributed by atoms with Crippen LogP contribution in [0, 0.1) is 0 Å². The van der Waals surface area contributed by atoms with Gasteiger partial charge in [0.05, 0.1) is 0 Å². The molecule has 4 heteroatoms. The molecule has 0 spiro atoms. The third kappa shape index (κ3) is 1.61. The molecule has 4 nitrogen and oxygen atoms in total. The van der Waals surface area contributed by atoms with E-state index in [9.17, 15) is 0 Å². The highest BCUT2D eigenvalue weighted by Crippen LogP contribution is 2.12. The average molecular weight is 172 g/mol. The van der Waals surface area contributed by atoms with E-state index in [0.29, 0.717) is 11.6 Å². The van der Waals surface area contributed by atoms with Gasteiger partial charge in [0, 0.05) is 24.2 Å². The number of nitrogens with zero attached hydrogens (tertiary/aromatic N) is 3. The second kappa shape index (κ2) is 3.18. The molecule has 0 saturated heterocycles. The minimum Gasteiger partial charge on any atom is -0.384 e. The lowest BCUT2D eigenvalue weighted by Gasteiger charge is -1.97. The summed E-state index contributed by atoms with van der Waals surface area (Å²) in [5.74, 6) is 1.16. The van der Waals surface area contributed by atoms with Crippen LogP contribution in [0.1, 0.15) is 0 Å². The molecule has 0 fully saturated rings. The zero-order valence-electron chi connectivity index (χ0n) is 6.88. The molecule has 0 saturated carbocycles. The number of rotatable bonds is 1. The van der Waals surface area contributed by atoms with Crippen molar-refractivity contribution < 1.29 is 0 Å². The van der Waals surface area contributed by atoms with Crippen LogP contribution in [0.5, 0.6) is 0 Å². The molecule has 0 unspecified atom stereocenters. The van der Waals surface area contributed by atoms with Gasteiger partial charge in [-0.3, -0.25) is 0 Å². The second-order valence-electron chi connectivity index (χ2n) is 2.54. The van der Waals surface area contributed by atoms with Crippen LogP contribution in [-0.4, -0.2) is 15.0 Å². The molecule has 2 aromatic heterocycles. The first-order chi connectivity index (χ1) is 6.36. The summed E-state index contributed by atoms with van der Waals surface area (Å²) in [5, 5.41) is 0. The molecule has 0 aliphatic heterocycles. The summed E-state index contributed by atoms with van der Waals surface area (Å²) in [6.45, 7) is 0. The monoisotopic (exact) mass is 172 g/mol. The van der Waals surface area contributed by atoms with Crippen molar-refractivity contribution in [3.8, 4) is 11.4 Å².